The zero-order valence-electron chi connectivity index (χ0n) is 16.0. The molecule has 29 heavy (non-hydrogen) atoms. The number of anilines is 1. The molecule has 0 saturated heterocycles. The molecule has 1 aromatic heterocycles. The number of aromatic nitrogens is 1. The lowest BCUT2D eigenvalue weighted by atomic mass is 10.1. The monoisotopic (exact) mass is 401 g/mol. The Balaban J connectivity index is 1.43. The van der Waals surface area contributed by atoms with Crippen LogP contribution in [0, 0.1) is 13.8 Å². The first-order valence-corrected chi connectivity index (χ1v) is 9.55. The van der Waals surface area contributed by atoms with Crippen molar-refractivity contribution < 1.29 is 9.21 Å². The predicted octanol–water partition coefficient (Wildman–Crippen LogP) is 5.24. The third-order valence-electron chi connectivity index (χ3n) is 4.44. The van der Waals surface area contributed by atoms with Gasteiger partial charge in [-0.05, 0) is 80.2 Å². The molecule has 0 bridgehead atoms. The fraction of sp³-hybridized carbons (Fsp3) is 0.0870. The summed E-state index contributed by atoms with van der Waals surface area (Å²) in [6.45, 7) is 3.96. The molecule has 0 aliphatic heterocycles. The van der Waals surface area contributed by atoms with Gasteiger partial charge in [0, 0.05) is 16.8 Å². The lowest BCUT2D eigenvalue weighted by Crippen LogP contribution is -2.34. The first kappa shape index (κ1) is 18.8. The normalized spacial score (nSPS) is 10.7. The van der Waals surface area contributed by atoms with Crippen molar-refractivity contribution in [1.82, 2.24) is 10.3 Å². The first-order valence-electron chi connectivity index (χ1n) is 9.14. The number of amides is 1. The molecule has 1 amide bonds. The van der Waals surface area contributed by atoms with Crippen molar-refractivity contribution in [2.75, 3.05) is 5.32 Å². The summed E-state index contributed by atoms with van der Waals surface area (Å²) in [6.07, 6.45) is 0. The molecule has 0 saturated carbocycles. The third-order valence-corrected chi connectivity index (χ3v) is 4.64. The van der Waals surface area contributed by atoms with Gasteiger partial charge in [0.25, 0.3) is 5.91 Å². The second-order valence-electron chi connectivity index (χ2n) is 6.85. The van der Waals surface area contributed by atoms with Gasteiger partial charge in [-0.3, -0.25) is 10.1 Å². The Morgan fingerprint density at radius 2 is 1.72 bits per heavy atom. The van der Waals surface area contributed by atoms with Gasteiger partial charge in [-0.2, -0.15) is 0 Å². The van der Waals surface area contributed by atoms with Gasteiger partial charge in [0.15, 0.2) is 10.7 Å². The van der Waals surface area contributed by atoms with Gasteiger partial charge in [0.05, 0.1) is 0 Å². The van der Waals surface area contributed by atoms with Crippen LogP contribution in [-0.2, 0) is 0 Å². The van der Waals surface area contributed by atoms with E-state index in [0.29, 0.717) is 11.5 Å². The number of carbonyl (C=O) groups excluding carboxylic acids is 1. The molecular weight excluding hydrogens is 382 g/mol. The van der Waals surface area contributed by atoms with Crippen LogP contribution >= 0.6 is 12.2 Å². The Hall–Kier alpha value is -3.51. The molecule has 144 valence electrons. The highest BCUT2D eigenvalue weighted by Crippen LogP contribution is 2.25. The van der Waals surface area contributed by atoms with Crippen LogP contribution in [0.4, 0.5) is 5.69 Å². The molecule has 1 heterocycles. The highest BCUT2D eigenvalue weighted by atomic mass is 32.1. The van der Waals surface area contributed by atoms with Gasteiger partial charge >= 0.3 is 0 Å². The number of oxazole rings is 1. The highest BCUT2D eigenvalue weighted by molar-refractivity contribution is 7.80. The van der Waals surface area contributed by atoms with Crippen molar-refractivity contribution in [2.24, 2.45) is 0 Å². The van der Waals surface area contributed by atoms with Crippen molar-refractivity contribution in [3.8, 4) is 11.5 Å². The molecule has 0 radical (unpaired) electrons. The Morgan fingerprint density at radius 3 is 2.48 bits per heavy atom. The highest BCUT2D eigenvalue weighted by Gasteiger charge is 2.10. The molecule has 0 aliphatic rings. The smallest absolute Gasteiger partial charge is 0.257 e. The molecule has 6 heteroatoms. The molecule has 4 rings (SSSR count). The average molecular weight is 401 g/mol. The average Bonchev–Trinajstić information content (AvgIpc) is 3.11. The van der Waals surface area contributed by atoms with Crippen LogP contribution in [0.3, 0.4) is 0 Å². The Morgan fingerprint density at radius 1 is 0.966 bits per heavy atom. The van der Waals surface area contributed by atoms with E-state index >= 15 is 0 Å². The van der Waals surface area contributed by atoms with Gasteiger partial charge in [0.2, 0.25) is 5.89 Å². The van der Waals surface area contributed by atoms with Crippen molar-refractivity contribution in [3.63, 3.8) is 0 Å². The summed E-state index contributed by atoms with van der Waals surface area (Å²) < 4.78 is 5.83. The van der Waals surface area contributed by atoms with Crippen LogP contribution in [0.25, 0.3) is 22.6 Å². The van der Waals surface area contributed by atoms with Crippen LogP contribution in [-0.4, -0.2) is 16.0 Å². The minimum Gasteiger partial charge on any atom is -0.436 e. The lowest BCUT2D eigenvalue weighted by Gasteiger charge is -2.10. The van der Waals surface area contributed by atoms with Crippen molar-refractivity contribution in [2.45, 2.75) is 13.8 Å². The largest absolute Gasteiger partial charge is 0.436 e. The standard InChI is InChI=1S/C23H19N3O2S/c1-14-4-3-5-17(12-14)21(27)26-23(29)24-18-9-7-16(8-10-18)22-25-19-13-15(2)6-11-20(19)28-22/h3-13H,1-2H3,(H2,24,26,27,29). The van der Waals surface area contributed by atoms with E-state index in [9.17, 15) is 4.79 Å². The number of benzene rings is 3. The Bertz CT molecular complexity index is 1210. The van der Waals surface area contributed by atoms with Gasteiger partial charge in [-0.25, -0.2) is 4.98 Å². The van der Waals surface area contributed by atoms with Crippen LogP contribution in [0.15, 0.2) is 71.1 Å². The van der Waals surface area contributed by atoms with Gasteiger partial charge in [0.1, 0.15) is 5.52 Å². The van der Waals surface area contributed by atoms with Gasteiger partial charge in [-0.1, -0.05) is 23.8 Å². The summed E-state index contributed by atoms with van der Waals surface area (Å²) in [5.74, 6) is 0.317. The third kappa shape index (κ3) is 4.33. The summed E-state index contributed by atoms with van der Waals surface area (Å²) >= 11 is 5.25. The predicted molar refractivity (Wildman–Crippen MR) is 119 cm³/mol. The number of thiocarbonyl (C=S) groups is 1. The van der Waals surface area contributed by atoms with E-state index in [0.717, 1.165) is 33.5 Å². The molecule has 0 fully saturated rings. The molecule has 3 aromatic carbocycles. The van der Waals surface area contributed by atoms with Crippen LogP contribution < -0.4 is 10.6 Å². The zero-order chi connectivity index (χ0) is 20.4. The molecule has 0 aliphatic carbocycles. The molecule has 0 atom stereocenters. The van der Waals surface area contributed by atoms with Gasteiger partial charge in [-0.15, -0.1) is 0 Å². The van der Waals surface area contributed by atoms with E-state index in [1.807, 2.05) is 74.5 Å². The zero-order valence-corrected chi connectivity index (χ0v) is 16.8. The lowest BCUT2D eigenvalue weighted by molar-refractivity contribution is 0.0977. The van der Waals surface area contributed by atoms with Crippen LogP contribution in [0.5, 0.6) is 0 Å². The van der Waals surface area contributed by atoms with E-state index in [2.05, 4.69) is 15.6 Å². The molecular formula is C23H19N3O2S. The summed E-state index contributed by atoms with van der Waals surface area (Å²) in [5, 5.41) is 5.95. The van der Waals surface area contributed by atoms with Crippen molar-refractivity contribution in [3.05, 3.63) is 83.4 Å². The number of nitrogens with one attached hydrogen (secondary N) is 2. The van der Waals surface area contributed by atoms with Gasteiger partial charge < -0.3 is 9.73 Å². The van der Waals surface area contributed by atoms with E-state index in [4.69, 9.17) is 16.6 Å². The summed E-state index contributed by atoms with van der Waals surface area (Å²) in [7, 11) is 0. The molecule has 0 spiro atoms. The van der Waals surface area contributed by atoms with E-state index in [1.165, 1.54) is 0 Å². The topological polar surface area (TPSA) is 67.2 Å². The number of hydrogen-bond donors (Lipinski definition) is 2. The second-order valence-corrected chi connectivity index (χ2v) is 7.25. The van der Waals surface area contributed by atoms with E-state index in [-0.39, 0.29) is 11.0 Å². The summed E-state index contributed by atoms with van der Waals surface area (Å²) in [4.78, 5) is 16.8. The van der Waals surface area contributed by atoms with Crippen LogP contribution in [0.1, 0.15) is 21.5 Å². The van der Waals surface area contributed by atoms with E-state index in [1.54, 1.807) is 6.07 Å². The molecule has 2 N–H and O–H groups in total. The number of carbonyl (C=O) groups is 1. The number of rotatable bonds is 3. The minimum atomic E-state index is -0.246. The summed E-state index contributed by atoms with van der Waals surface area (Å²) in [5.41, 5.74) is 5.93. The minimum absolute atomic E-state index is 0.238. The number of fused-ring (bicyclic) bond motifs is 1. The van der Waals surface area contributed by atoms with Crippen molar-refractivity contribution in [1.29, 1.82) is 0 Å². The van der Waals surface area contributed by atoms with Crippen LogP contribution in [0.2, 0.25) is 0 Å². The number of nitrogens with zero attached hydrogens (tertiary/aromatic N) is 1. The number of hydrogen-bond acceptors (Lipinski definition) is 4. The molecule has 4 aromatic rings. The SMILES string of the molecule is Cc1cccc(C(=O)NC(=S)Nc2ccc(-c3nc4cc(C)ccc4o3)cc2)c1. The molecule has 5 nitrogen and oxygen atoms in total. The maximum atomic E-state index is 12.3. The Kier molecular flexibility index (Phi) is 5.10. The fourth-order valence-corrected chi connectivity index (χ4v) is 3.19. The fourth-order valence-electron chi connectivity index (χ4n) is 2.98. The Labute approximate surface area is 173 Å². The second kappa shape index (κ2) is 7.85. The number of aryl methyl sites for hydroxylation is 2. The van der Waals surface area contributed by atoms with E-state index < -0.39 is 0 Å². The quantitative estimate of drug-likeness (QED) is 0.460. The molecule has 0 unspecified atom stereocenters. The maximum absolute atomic E-state index is 12.3. The summed E-state index contributed by atoms with van der Waals surface area (Å²) in [6, 6.07) is 20.8. The first-order chi connectivity index (χ1) is 14.0. The van der Waals surface area contributed by atoms with Crippen molar-refractivity contribution >= 4 is 40.0 Å². The maximum Gasteiger partial charge on any atom is 0.257 e.